The van der Waals surface area contributed by atoms with E-state index >= 15 is 0 Å². The Bertz CT molecular complexity index is 314. The predicted molar refractivity (Wildman–Crippen MR) is 66.4 cm³/mol. The van der Waals surface area contributed by atoms with E-state index in [2.05, 4.69) is 6.08 Å². The van der Waals surface area contributed by atoms with Crippen molar-refractivity contribution in [2.24, 2.45) is 0 Å². The number of aliphatic hydroxyl groups is 1. The highest BCUT2D eigenvalue weighted by molar-refractivity contribution is 6.34. The minimum atomic E-state index is 0.261. The number of unbranched alkanes of at least 4 members (excludes halogenated alkanes) is 2. The van der Waals surface area contributed by atoms with Crippen LogP contribution in [0, 0.1) is 0 Å². The summed E-state index contributed by atoms with van der Waals surface area (Å²) in [6, 6.07) is 5.46. The van der Waals surface area contributed by atoms with Crippen molar-refractivity contribution in [1.29, 1.82) is 0 Å². The van der Waals surface area contributed by atoms with Crippen LogP contribution < -0.4 is 0 Å². The maximum atomic E-state index is 8.60. The lowest BCUT2D eigenvalue weighted by Gasteiger charge is -1.97. The zero-order chi connectivity index (χ0) is 11.1. The third-order valence-electron chi connectivity index (χ3n) is 1.97. The molecule has 1 nitrogen and oxygen atoms in total. The molecule has 0 fully saturated rings. The number of aliphatic hydroxyl groups excluding tert-OH is 1. The van der Waals surface area contributed by atoms with Crippen LogP contribution in [0.2, 0.25) is 10.0 Å². The molecule has 0 aliphatic rings. The lowest BCUT2D eigenvalue weighted by Crippen LogP contribution is -1.80. The Morgan fingerprint density at radius 2 is 1.73 bits per heavy atom. The first-order valence-corrected chi connectivity index (χ1v) is 5.71. The minimum absolute atomic E-state index is 0.261. The van der Waals surface area contributed by atoms with Gasteiger partial charge in [0.15, 0.2) is 0 Å². The van der Waals surface area contributed by atoms with Crippen molar-refractivity contribution in [3.05, 3.63) is 39.9 Å². The van der Waals surface area contributed by atoms with Gasteiger partial charge in [0.25, 0.3) is 0 Å². The second-order valence-corrected chi connectivity index (χ2v) is 4.20. The van der Waals surface area contributed by atoms with E-state index < -0.39 is 0 Å². The van der Waals surface area contributed by atoms with Gasteiger partial charge in [0.05, 0.1) is 0 Å². The van der Waals surface area contributed by atoms with Gasteiger partial charge in [0.1, 0.15) is 0 Å². The topological polar surface area (TPSA) is 20.2 Å². The Balaban J connectivity index is 2.49. The second-order valence-electron chi connectivity index (χ2n) is 3.32. The molecule has 1 N–H and O–H groups in total. The molecule has 0 aromatic heterocycles. The fourth-order valence-corrected chi connectivity index (χ4v) is 1.81. The van der Waals surface area contributed by atoms with Crippen LogP contribution in [0.4, 0.5) is 0 Å². The fourth-order valence-electron chi connectivity index (χ4n) is 1.26. The summed E-state index contributed by atoms with van der Waals surface area (Å²) in [5.74, 6) is 0. The van der Waals surface area contributed by atoms with Crippen molar-refractivity contribution in [2.45, 2.75) is 19.3 Å². The summed E-state index contributed by atoms with van der Waals surface area (Å²) in [4.78, 5) is 0. The van der Waals surface area contributed by atoms with Gasteiger partial charge in [-0.25, -0.2) is 0 Å². The maximum Gasteiger partial charge on any atom is 0.0431 e. The van der Waals surface area contributed by atoms with E-state index in [1.165, 1.54) is 0 Å². The molecule has 0 aliphatic heterocycles. The Morgan fingerprint density at radius 3 is 2.33 bits per heavy atom. The zero-order valence-electron chi connectivity index (χ0n) is 8.42. The monoisotopic (exact) mass is 244 g/mol. The number of rotatable bonds is 5. The quantitative estimate of drug-likeness (QED) is 0.772. The van der Waals surface area contributed by atoms with Gasteiger partial charge in [-0.3, -0.25) is 0 Å². The van der Waals surface area contributed by atoms with Gasteiger partial charge >= 0.3 is 0 Å². The smallest absolute Gasteiger partial charge is 0.0431 e. The molecule has 0 aliphatic carbocycles. The van der Waals surface area contributed by atoms with Crippen molar-refractivity contribution in [3.63, 3.8) is 0 Å². The fraction of sp³-hybridized carbons (Fsp3) is 0.333. The normalized spacial score (nSPS) is 11.1. The van der Waals surface area contributed by atoms with Crippen LogP contribution in [0.5, 0.6) is 0 Å². The van der Waals surface area contributed by atoms with E-state index in [1.807, 2.05) is 18.2 Å². The second kappa shape index (κ2) is 6.89. The van der Waals surface area contributed by atoms with E-state index in [1.54, 1.807) is 6.07 Å². The predicted octanol–water partition coefficient (Wildman–Crippen LogP) is 4.17. The average molecular weight is 245 g/mol. The molecule has 0 saturated carbocycles. The molecular weight excluding hydrogens is 231 g/mol. The molecule has 15 heavy (non-hydrogen) atoms. The van der Waals surface area contributed by atoms with E-state index in [-0.39, 0.29) is 6.61 Å². The van der Waals surface area contributed by atoms with Crippen LogP contribution in [0.1, 0.15) is 24.8 Å². The molecule has 0 heterocycles. The van der Waals surface area contributed by atoms with Gasteiger partial charge in [0, 0.05) is 16.7 Å². The highest BCUT2D eigenvalue weighted by Crippen LogP contribution is 2.20. The molecule has 0 amide bonds. The lowest BCUT2D eigenvalue weighted by molar-refractivity contribution is 0.285. The molecule has 0 saturated heterocycles. The summed E-state index contributed by atoms with van der Waals surface area (Å²) in [5, 5.41) is 9.90. The Kier molecular flexibility index (Phi) is 5.77. The molecule has 1 aromatic rings. The summed E-state index contributed by atoms with van der Waals surface area (Å²) in [6.07, 6.45) is 6.87. The van der Waals surface area contributed by atoms with E-state index in [4.69, 9.17) is 28.3 Å². The van der Waals surface area contributed by atoms with Crippen molar-refractivity contribution >= 4 is 29.3 Å². The van der Waals surface area contributed by atoms with Crippen molar-refractivity contribution in [2.75, 3.05) is 6.61 Å². The molecule has 0 atom stereocenters. The van der Waals surface area contributed by atoms with Crippen LogP contribution in [0.15, 0.2) is 24.3 Å². The summed E-state index contributed by atoms with van der Waals surface area (Å²) in [5.41, 5.74) is 1.01. The number of hydrogen-bond acceptors (Lipinski definition) is 1. The molecule has 3 heteroatoms. The summed E-state index contributed by atoms with van der Waals surface area (Å²) < 4.78 is 0. The number of hydrogen-bond donors (Lipinski definition) is 1. The molecular formula is C12H14Cl2O. The van der Waals surface area contributed by atoms with Crippen LogP contribution in [0.25, 0.3) is 6.08 Å². The van der Waals surface area contributed by atoms with Crippen LogP contribution in [-0.4, -0.2) is 11.7 Å². The van der Waals surface area contributed by atoms with Gasteiger partial charge in [-0.2, -0.15) is 0 Å². The molecule has 0 radical (unpaired) electrons. The summed E-state index contributed by atoms with van der Waals surface area (Å²) >= 11 is 11.7. The minimum Gasteiger partial charge on any atom is -0.396 e. The zero-order valence-corrected chi connectivity index (χ0v) is 9.93. The van der Waals surface area contributed by atoms with Gasteiger partial charge in [-0.1, -0.05) is 35.4 Å². The van der Waals surface area contributed by atoms with Crippen molar-refractivity contribution in [1.82, 2.24) is 0 Å². The van der Waals surface area contributed by atoms with Gasteiger partial charge in [-0.15, -0.1) is 0 Å². The Labute approximate surface area is 100 Å². The average Bonchev–Trinajstić information content (AvgIpc) is 2.16. The Morgan fingerprint density at radius 1 is 1.07 bits per heavy atom. The number of halogens is 2. The Hall–Kier alpha value is -0.500. The SMILES string of the molecule is OCCCCC=Cc1cc(Cl)cc(Cl)c1. The molecule has 0 bridgehead atoms. The van der Waals surface area contributed by atoms with Crippen LogP contribution in [-0.2, 0) is 0 Å². The third kappa shape index (κ3) is 5.22. The molecule has 1 aromatic carbocycles. The third-order valence-corrected chi connectivity index (χ3v) is 2.41. The van der Waals surface area contributed by atoms with Crippen LogP contribution >= 0.6 is 23.2 Å². The van der Waals surface area contributed by atoms with Gasteiger partial charge in [-0.05, 0) is 43.0 Å². The van der Waals surface area contributed by atoms with Crippen molar-refractivity contribution < 1.29 is 5.11 Å². The number of benzene rings is 1. The first-order chi connectivity index (χ1) is 7.22. The maximum absolute atomic E-state index is 8.60. The largest absolute Gasteiger partial charge is 0.396 e. The molecule has 1 rings (SSSR count). The van der Waals surface area contributed by atoms with E-state index in [0.29, 0.717) is 10.0 Å². The van der Waals surface area contributed by atoms with E-state index in [9.17, 15) is 0 Å². The highest BCUT2D eigenvalue weighted by atomic mass is 35.5. The number of allylic oxidation sites excluding steroid dienone is 1. The summed E-state index contributed by atoms with van der Waals surface area (Å²) in [7, 11) is 0. The standard InChI is InChI=1S/C12H14Cl2O/c13-11-7-10(8-12(14)9-11)5-3-1-2-4-6-15/h3,5,7-9,15H,1-2,4,6H2. The molecule has 0 unspecified atom stereocenters. The van der Waals surface area contributed by atoms with Crippen LogP contribution in [0.3, 0.4) is 0 Å². The van der Waals surface area contributed by atoms with Crippen molar-refractivity contribution in [3.8, 4) is 0 Å². The first-order valence-electron chi connectivity index (χ1n) is 4.96. The van der Waals surface area contributed by atoms with E-state index in [0.717, 1.165) is 24.8 Å². The summed E-state index contributed by atoms with van der Waals surface area (Å²) in [6.45, 7) is 0.261. The molecule has 0 spiro atoms. The van der Waals surface area contributed by atoms with Gasteiger partial charge in [0.2, 0.25) is 0 Å². The lowest BCUT2D eigenvalue weighted by atomic mass is 10.1. The molecule has 82 valence electrons. The first kappa shape index (κ1) is 12.6. The highest BCUT2D eigenvalue weighted by Gasteiger charge is 1.94. The van der Waals surface area contributed by atoms with Gasteiger partial charge < -0.3 is 5.11 Å².